The minimum atomic E-state index is -1.29. The molecule has 0 saturated carbocycles. The fourth-order valence-corrected chi connectivity index (χ4v) is 3.86. The molecule has 2 N–H and O–H groups in total. The van der Waals surface area contributed by atoms with Crippen LogP contribution in [0.1, 0.15) is 48.3 Å². The Morgan fingerprint density at radius 3 is 2.53 bits per heavy atom. The van der Waals surface area contributed by atoms with Crippen LogP contribution in [-0.2, 0) is 18.4 Å². The van der Waals surface area contributed by atoms with Crippen LogP contribution < -0.4 is 14.8 Å². The van der Waals surface area contributed by atoms with Gasteiger partial charge in [-0.25, -0.2) is 4.79 Å². The number of hydrogen-bond donors (Lipinski definition) is 2. The number of aryl methyl sites for hydroxylation is 2. The molecule has 0 saturated heterocycles. The van der Waals surface area contributed by atoms with E-state index in [-0.39, 0.29) is 5.91 Å². The van der Waals surface area contributed by atoms with Gasteiger partial charge in [-0.15, -0.1) is 0 Å². The lowest BCUT2D eigenvalue weighted by molar-refractivity contribution is -0.154. The molecule has 3 rings (SSSR count). The molecule has 0 aliphatic carbocycles. The lowest BCUT2D eigenvalue weighted by atomic mass is 10.00. The molecule has 1 unspecified atom stereocenters. The Balaban J connectivity index is 1.65. The highest BCUT2D eigenvalue weighted by molar-refractivity contribution is 5.93. The second kappa shape index (κ2) is 11.6. The van der Waals surface area contributed by atoms with Crippen molar-refractivity contribution >= 4 is 11.9 Å². The lowest BCUT2D eigenvalue weighted by Crippen LogP contribution is -2.41. The van der Waals surface area contributed by atoms with E-state index in [1.165, 1.54) is 0 Å². The van der Waals surface area contributed by atoms with Crippen molar-refractivity contribution in [3.63, 3.8) is 0 Å². The molecule has 1 heterocycles. The molecule has 0 aliphatic heterocycles. The number of aromatic nitrogens is 2. The van der Waals surface area contributed by atoms with E-state index in [2.05, 4.69) is 17.0 Å². The van der Waals surface area contributed by atoms with Crippen LogP contribution in [0.4, 0.5) is 0 Å². The SMILES string of the molecule is C=CCOc1ccc(-c2cc(C(=O)NCc3ccc(OC(C)(CCC)C(=O)O)c(C)c3)nn2C)cc1. The van der Waals surface area contributed by atoms with E-state index in [0.717, 1.165) is 28.1 Å². The average Bonchev–Trinajstić information content (AvgIpc) is 3.24. The molecule has 0 spiro atoms. The van der Waals surface area contributed by atoms with E-state index >= 15 is 0 Å². The molecule has 0 radical (unpaired) electrons. The normalized spacial score (nSPS) is 12.4. The number of carbonyl (C=O) groups excluding carboxylic acids is 1. The fraction of sp³-hybridized carbons (Fsp3) is 0.321. The Labute approximate surface area is 211 Å². The molecule has 0 aliphatic rings. The van der Waals surface area contributed by atoms with Crippen LogP contribution >= 0.6 is 0 Å². The summed E-state index contributed by atoms with van der Waals surface area (Å²) < 4.78 is 13.0. The molecular weight excluding hydrogens is 458 g/mol. The van der Waals surface area contributed by atoms with E-state index < -0.39 is 11.6 Å². The number of nitrogens with one attached hydrogen (secondary N) is 1. The zero-order valence-corrected chi connectivity index (χ0v) is 21.2. The summed E-state index contributed by atoms with van der Waals surface area (Å²) in [7, 11) is 1.79. The molecule has 1 atom stereocenters. The third-order valence-corrected chi connectivity index (χ3v) is 5.84. The first-order chi connectivity index (χ1) is 17.2. The van der Waals surface area contributed by atoms with Gasteiger partial charge in [0.05, 0.1) is 5.69 Å². The zero-order valence-electron chi connectivity index (χ0n) is 21.2. The number of carbonyl (C=O) groups is 2. The van der Waals surface area contributed by atoms with Crippen LogP contribution in [0.25, 0.3) is 11.3 Å². The van der Waals surface area contributed by atoms with Gasteiger partial charge in [0.15, 0.2) is 5.69 Å². The number of benzene rings is 2. The minimum absolute atomic E-state index is 0.290. The van der Waals surface area contributed by atoms with Gasteiger partial charge in [-0.05, 0) is 67.8 Å². The molecule has 0 fully saturated rings. The molecule has 3 aromatic rings. The van der Waals surface area contributed by atoms with Crippen LogP contribution in [0.3, 0.4) is 0 Å². The van der Waals surface area contributed by atoms with Gasteiger partial charge in [0, 0.05) is 19.2 Å². The standard InChI is InChI=1S/C28H33N3O5/c1-6-14-28(4,27(33)34)36-25-13-8-20(16-19(25)3)18-29-26(32)23-17-24(31(5)30-23)21-9-11-22(12-10-21)35-15-7-2/h7-13,16-17H,2,6,14-15,18H2,1,3-5H3,(H,29,32)(H,33,34). The summed E-state index contributed by atoms with van der Waals surface area (Å²) in [6.45, 7) is 9.73. The molecule has 190 valence electrons. The minimum Gasteiger partial charge on any atom is -0.490 e. The summed E-state index contributed by atoms with van der Waals surface area (Å²) in [6.07, 6.45) is 2.78. The number of rotatable bonds is 12. The predicted molar refractivity (Wildman–Crippen MR) is 138 cm³/mol. The summed E-state index contributed by atoms with van der Waals surface area (Å²) in [5.74, 6) is -0.0314. The maximum absolute atomic E-state index is 12.8. The largest absolute Gasteiger partial charge is 0.490 e. The number of carboxylic acid groups (broad SMARTS) is 1. The van der Waals surface area contributed by atoms with Gasteiger partial charge in [0.25, 0.3) is 5.91 Å². The molecular formula is C28H33N3O5. The summed E-state index contributed by atoms with van der Waals surface area (Å²) >= 11 is 0. The van der Waals surface area contributed by atoms with E-state index in [1.807, 2.05) is 50.2 Å². The number of amides is 1. The highest BCUT2D eigenvalue weighted by atomic mass is 16.5. The van der Waals surface area contributed by atoms with Crippen molar-refractivity contribution in [1.29, 1.82) is 0 Å². The third kappa shape index (κ3) is 6.33. The first kappa shape index (κ1) is 26.5. The Kier molecular flexibility index (Phi) is 8.53. The topological polar surface area (TPSA) is 103 Å². The first-order valence-electron chi connectivity index (χ1n) is 11.8. The molecule has 36 heavy (non-hydrogen) atoms. The molecule has 1 aromatic heterocycles. The van der Waals surface area contributed by atoms with Crippen molar-refractivity contribution in [3.8, 4) is 22.8 Å². The number of aliphatic carboxylic acids is 1. The van der Waals surface area contributed by atoms with E-state index in [4.69, 9.17) is 9.47 Å². The molecule has 0 bridgehead atoms. The van der Waals surface area contributed by atoms with Crippen LogP contribution in [0.15, 0.2) is 61.2 Å². The highest BCUT2D eigenvalue weighted by Crippen LogP contribution is 2.27. The monoisotopic (exact) mass is 491 g/mol. The average molecular weight is 492 g/mol. The first-order valence-corrected chi connectivity index (χ1v) is 11.8. The van der Waals surface area contributed by atoms with Crippen molar-refractivity contribution in [2.75, 3.05) is 6.61 Å². The second-order valence-corrected chi connectivity index (χ2v) is 8.83. The number of hydrogen-bond acceptors (Lipinski definition) is 5. The van der Waals surface area contributed by atoms with Gasteiger partial charge in [0.2, 0.25) is 5.60 Å². The van der Waals surface area contributed by atoms with Gasteiger partial charge in [-0.2, -0.15) is 5.10 Å². The van der Waals surface area contributed by atoms with E-state index in [1.54, 1.807) is 36.9 Å². The van der Waals surface area contributed by atoms with Crippen molar-refractivity contribution in [2.24, 2.45) is 7.05 Å². The van der Waals surface area contributed by atoms with Crippen molar-refractivity contribution in [1.82, 2.24) is 15.1 Å². The number of carboxylic acids is 1. The highest BCUT2D eigenvalue weighted by Gasteiger charge is 2.35. The maximum atomic E-state index is 12.8. The van der Waals surface area contributed by atoms with Gasteiger partial charge >= 0.3 is 5.97 Å². The summed E-state index contributed by atoms with van der Waals surface area (Å²) in [6, 6.07) is 14.7. The van der Waals surface area contributed by atoms with E-state index in [0.29, 0.717) is 37.4 Å². The van der Waals surface area contributed by atoms with Gasteiger partial charge in [-0.3, -0.25) is 9.48 Å². The number of nitrogens with zero attached hydrogens (tertiary/aromatic N) is 2. The van der Waals surface area contributed by atoms with Gasteiger partial charge in [0.1, 0.15) is 18.1 Å². The van der Waals surface area contributed by atoms with Crippen LogP contribution in [0.5, 0.6) is 11.5 Å². The second-order valence-electron chi connectivity index (χ2n) is 8.83. The summed E-state index contributed by atoms with van der Waals surface area (Å²) in [4.78, 5) is 24.5. The van der Waals surface area contributed by atoms with Gasteiger partial charge < -0.3 is 19.9 Å². The quantitative estimate of drug-likeness (QED) is 0.349. The van der Waals surface area contributed by atoms with Crippen molar-refractivity contribution in [2.45, 2.75) is 45.8 Å². The van der Waals surface area contributed by atoms with Crippen molar-refractivity contribution in [3.05, 3.63) is 78.0 Å². The molecule has 8 nitrogen and oxygen atoms in total. The lowest BCUT2D eigenvalue weighted by Gasteiger charge is -2.27. The molecule has 1 amide bonds. The summed E-state index contributed by atoms with van der Waals surface area (Å²) in [5.41, 5.74) is 2.41. The zero-order chi connectivity index (χ0) is 26.3. The number of ether oxygens (including phenoxy) is 2. The Hall–Kier alpha value is -4.07. The van der Waals surface area contributed by atoms with Crippen LogP contribution in [0.2, 0.25) is 0 Å². The Morgan fingerprint density at radius 1 is 1.19 bits per heavy atom. The van der Waals surface area contributed by atoms with E-state index in [9.17, 15) is 14.7 Å². The Bertz CT molecular complexity index is 1230. The fourth-order valence-electron chi connectivity index (χ4n) is 3.86. The summed E-state index contributed by atoms with van der Waals surface area (Å²) in [5, 5.41) is 16.8. The van der Waals surface area contributed by atoms with Crippen LogP contribution in [-0.4, -0.2) is 39.0 Å². The smallest absolute Gasteiger partial charge is 0.347 e. The third-order valence-electron chi connectivity index (χ3n) is 5.84. The van der Waals surface area contributed by atoms with Crippen molar-refractivity contribution < 1.29 is 24.2 Å². The molecule has 2 aromatic carbocycles. The maximum Gasteiger partial charge on any atom is 0.347 e. The Morgan fingerprint density at radius 2 is 1.92 bits per heavy atom. The predicted octanol–water partition coefficient (Wildman–Crippen LogP) is 4.91. The van der Waals surface area contributed by atoms with Gasteiger partial charge in [-0.1, -0.05) is 38.1 Å². The van der Waals surface area contributed by atoms with Crippen LogP contribution in [0, 0.1) is 6.92 Å². The molecule has 8 heteroatoms.